The number of hydrogen-bond donors (Lipinski definition) is 0. The van der Waals surface area contributed by atoms with E-state index in [1.165, 1.54) is 6.26 Å². The molecule has 7 heteroatoms. The highest BCUT2D eigenvalue weighted by Crippen LogP contribution is 2.23. The first-order valence-corrected chi connectivity index (χ1v) is 9.17. The maximum Gasteiger partial charge on any atom is 0.211 e. The average Bonchev–Trinajstić information content (AvgIpc) is 3.08. The van der Waals surface area contributed by atoms with Crippen LogP contribution in [-0.4, -0.2) is 46.8 Å². The van der Waals surface area contributed by atoms with Gasteiger partial charge in [-0.05, 0) is 36.5 Å². The summed E-state index contributed by atoms with van der Waals surface area (Å²) in [6, 6.07) is 6.00. The van der Waals surface area contributed by atoms with Gasteiger partial charge in [-0.1, -0.05) is 6.07 Å². The molecule has 0 radical (unpaired) electrons. The van der Waals surface area contributed by atoms with Gasteiger partial charge in [0.15, 0.2) is 0 Å². The molecule has 3 heterocycles. The molecule has 1 aliphatic heterocycles. The zero-order valence-corrected chi connectivity index (χ0v) is 13.6. The Bertz CT molecular complexity index is 752. The Morgan fingerprint density at radius 3 is 2.68 bits per heavy atom. The minimum absolute atomic E-state index is 0.374. The Morgan fingerprint density at radius 1 is 1.32 bits per heavy atom. The van der Waals surface area contributed by atoms with E-state index >= 15 is 0 Å². The van der Waals surface area contributed by atoms with Crippen molar-refractivity contribution in [1.29, 1.82) is 0 Å². The Kier molecular flexibility index (Phi) is 4.01. The summed E-state index contributed by atoms with van der Waals surface area (Å²) in [4.78, 5) is 4.50. The summed E-state index contributed by atoms with van der Waals surface area (Å²) in [7, 11) is -1.17. The first-order valence-electron chi connectivity index (χ1n) is 7.32. The predicted octanol–water partition coefficient (Wildman–Crippen LogP) is 1.31. The zero-order chi connectivity index (χ0) is 15.7. The van der Waals surface area contributed by atoms with E-state index in [4.69, 9.17) is 0 Å². The largest absolute Gasteiger partial charge is 0.266 e. The van der Waals surface area contributed by atoms with Crippen LogP contribution in [0.2, 0.25) is 0 Å². The van der Waals surface area contributed by atoms with Crippen molar-refractivity contribution in [2.75, 3.05) is 19.3 Å². The molecule has 0 bridgehead atoms. The minimum atomic E-state index is -3.06. The van der Waals surface area contributed by atoms with Crippen LogP contribution in [0, 0.1) is 5.92 Å². The van der Waals surface area contributed by atoms with E-state index < -0.39 is 10.0 Å². The summed E-state index contributed by atoms with van der Waals surface area (Å²) in [6.45, 7) is 1.24. The number of rotatable bonds is 4. The van der Waals surface area contributed by atoms with Crippen molar-refractivity contribution < 1.29 is 8.42 Å². The van der Waals surface area contributed by atoms with Crippen LogP contribution in [0.3, 0.4) is 0 Å². The number of nitrogens with zero attached hydrogens (tertiary/aromatic N) is 4. The monoisotopic (exact) mass is 320 g/mol. The molecule has 2 aromatic heterocycles. The summed E-state index contributed by atoms with van der Waals surface area (Å²) in [5, 5.41) is 4.14. The third kappa shape index (κ3) is 3.20. The molecule has 0 saturated carbocycles. The Balaban J connectivity index is 1.66. The highest BCUT2D eigenvalue weighted by molar-refractivity contribution is 7.88. The second-order valence-electron chi connectivity index (χ2n) is 5.87. The van der Waals surface area contributed by atoms with Gasteiger partial charge in [0.05, 0.1) is 17.6 Å². The number of aromatic nitrogens is 3. The summed E-state index contributed by atoms with van der Waals surface area (Å²) in [6.07, 6.45) is 6.69. The second-order valence-corrected chi connectivity index (χ2v) is 7.85. The first kappa shape index (κ1) is 15.2. The molecule has 0 aromatic carbocycles. The Morgan fingerprint density at radius 2 is 2.14 bits per heavy atom. The number of aryl methyl sites for hydroxylation is 1. The second kappa shape index (κ2) is 5.81. The van der Waals surface area contributed by atoms with E-state index in [-0.39, 0.29) is 0 Å². The van der Waals surface area contributed by atoms with Crippen molar-refractivity contribution in [1.82, 2.24) is 19.1 Å². The molecule has 22 heavy (non-hydrogen) atoms. The van der Waals surface area contributed by atoms with E-state index in [0.717, 1.165) is 29.8 Å². The highest BCUT2D eigenvalue weighted by atomic mass is 32.2. The van der Waals surface area contributed by atoms with Gasteiger partial charge in [-0.2, -0.15) is 5.10 Å². The van der Waals surface area contributed by atoms with E-state index in [2.05, 4.69) is 16.1 Å². The molecule has 0 amide bonds. The van der Waals surface area contributed by atoms with Crippen LogP contribution in [0.1, 0.15) is 12.0 Å². The molecule has 1 saturated heterocycles. The Labute approximate surface area is 130 Å². The molecule has 0 N–H and O–H groups in total. The van der Waals surface area contributed by atoms with Crippen molar-refractivity contribution >= 4 is 10.0 Å². The third-order valence-corrected chi connectivity index (χ3v) is 5.42. The number of pyridine rings is 1. The molecule has 118 valence electrons. The normalized spacial score (nSPS) is 19.6. The number of sulfonamides is 1. The van der Waals surface area contributed by atoms with E-state index in [1.54, 1.807) is 15.2 Å². The lowest BCUT2D eigenvalue weighted by Crippen LogP contribution is -2.27. The fourth-order valence-electron chi connectivity index (χ4n) is 2.92. The van der Waals surface area contributed by atoms with Crippen molar-refractivity contribution in [2.24, 2.45) is 13.0 Å². The van der Waals surface area contributed by atoms with E-state index in [9.17, 15) is 8.42 Å². The molecule has 0 spiro atoms. The van der Waals surface area contributed by atoms with Crippen LogP contribution in [0.4, 0.5) is 0 Å². The van der Waals surface area contributed by atoms with Crippen molar-refractivity contribution in [3.05, 3.63) is 36.2 Å². The summed E-state index contributed by atoms with van der Waals surface area (Å²) in [5.74, 6) is 0.374. The lowest BCUT2D eigenvalue weighted by molar-refractivity contribution is 0.460. The Hall–Kier alpha value is -1.73. The molecule has 1 aliphatic rings. The van der Waals surface area contributed by atoms with Gasteiger partial charge in [-0.25, -0.2) is 12.7 Å². The fraction of sp³-hybridized carbons (Fsp3) is 0.467. The van der Waals surface area contributed by atoms with E-state index in [0.29, 0.717) is 19.0 Å². The average molecular weight is 320 g/mol. The van der Waals surface area contributed by atoms with Crippen LogP contribution in [0.25, 0.3) is 11.4 Å². The first-order chi connectivity index (χ1) is 10.4. The van der Waals surface area contributed by atoms with Crippen molar-refractivity contribution in [2.45, 2.75) is 12.8 Å². The topological polar surface area (TPSA) is 68.1 Å². The number of hydrogen-bond acceptors (Lipinski definition) is 4. The lowest BCUT2D eigenvalue weighted by atomic mass is 10.00. The smallest absolute Gasteiger partial charge is 0.211 e. The van der Waals surface area contributed by atoms with Crippen LogP contribution in [0.5, 0.6) is 0 Å². The molecule has 0 aliphatic carbocycles. The molecular weight excluding hydrogens is 300 g/mol. The minimum Gasteiger partial charge on any atom is -0.266 e. The predicted molar refractivity (Wildman–Crippen MR) is 84.7 cm³/mol. The van der Waals surface area contributed by atoms with Gasteiger partial charge in [-0.3, -0.25) is 9.67 Å². The molecule has 2 aromatic rings. The van der Waals surface area contributed by atoms with Gasteiger partial charge in [0.1, 0.15) is 0 Å². The van der Waals surface area contributed by atoms with Crippen molar-refractivity contribution in [3.63, 3.8) is 0 Å². The maximum absolute atomic E-state index is 11.5. The van der Waals surface area contributed by atoms with Gasteiger partial charge >= 0.3 is 0 Å². The molecule has 3 rings (SSSR count). The molecule has 1 unspecified atom stereocenters. The summed E-state index contributed by atoms with van der Waals surface area (Å²) >= 11 is 0. The quantitative estimate of drug-likeness (QED) is 0.852. The van der Waals surface area contributed by atoms with Gasteiger partial charge < -0.3 is 0 Å². The molecule has 6 nitrogen and oxygen atoms in total. The maximum atomic E-state index is 11.5. The standard InChI is InChI=1S/C15H20N4O2S/c1-18-15(5-7-17-18)14-4-3-12(10-16-14)9-13-6-8-19(11-13)22(2,20)21/h3-5,7,10,13H,6,8-9,11H2,1-2H3. The van der Waals surface area contributed by atoms with Gasteiger partial charge in [-0.15, -0.1) is 0 Å². The van der Waals surface area contributed by atoms with Crippen LogP contribution in [0.15, 0.2) is 30.6 Å². The highest BCUT2D eigenvalue weighted by Gasteiger charge is 2.28. The molecule has 1 fully saturated rings. The van der Waals surface area contributed by atoms with Gasteiger partial charge in [0.2, 0.25) is 10.0 Å². The lowest BCUT2D eigenvalue weighted by Gasteiger charge is -2.13. The summed E-state index contributed by atoms with van der Waals surface area (Å²) < 4.78 is 26.4. The van der Waals surface area contributed by atoms with Crippen LogP contribution < -0.4 is 0 Å². The van der Waals surface area contributed by atoms with Gasteiger partial charge in [0.25, 0.3) is 0 Å². The summed E-state index contributed by atoms with van der Waals surface area (Å²) in [5.41, 5.74) is 3.02. The third-order valence-electron chi connectivity index (χ3n) is 4.15. The van der Waals surface area contributed by atoms with Gasteiger partial charge in [0, 0.05) is 32.5 Å². The van der Waals surface area contributed by atoms with Crippen LogP contribution in [-0.2, 0) is 23.5 Å². The van der Waals surface area contributed by atoms with E-state index in [1.807, 2.05) is 25.4 Å². The molecular formula is C15H20N4O2S. The zero-order valence-electron chi connectivity index (χ0n) is 12.8. The van der Waals surface area contributed by atoms with Crippen molar-refractivity contribution in [3.8, 4) is 11.4 Å². The molecule has 1 atom stereocenters. The van der Waals surface area contributed by atoms with Crippen LogP contribution >= 0.6 is 0 Å². The SMILES string of the molecule is Cn1nccc1-c1ccc(CC2CCN(S(C)(=O)=O)C2)cn1. The fourth-order valence-corrected chi connectivity index (χ4v) is 3.84.